The third kappa shape index (κ3) is 4.68. The fraction of sp³-hybridized carbons (Fsp3) is 0.571. The minimum absolute atomic E-state index is 0.228. The van der Waals surface area contributed by atoms with E-state index < -0.39 is 0 Å². The predicted octanol–water partition coefficient (Wildman–Crippen LogP) is 4.24. The number of rotatable bonds is 6. The molecule has 0 aliphatic rings. The normalized spacial score (nSPS) is 13.0. The maximum atomic E-state index is 9.88. The highest BCUT2D eigenvalue weighted by Gasteiger charge is 2.13. The van der Waals surface area contributed by atoms with Gasteiger partial charge in [-0.1, -0.05) is 36.7 Å². The SMILES string of the molecule is CCC(NCCC(C)C)c1cc(Br)ccc1O. The van der Waals surface area contributed by atoms with Crippen molar-refractivity contribution in [2.24, 2.45) is 5.92 Å². The second kappa shape index (κ2) is 7.02. The van der Waals surface area contributed by atoms with Crippen molar-refractivity contribution in [3.05, 3.63) is 28.2 Å². The Kier molecular flexibility index (Phi) is 6.00. The van der Waals surface area contributed by atoms with Crippen LogP contribution in [-0.2, 0) is 0 Å². The maximum Gasteiger partial charge on any atom is 0.120 e. The average molecular weight is 300 g/mol. The van der Waals surface area contributed by atoms with Crippen LogP contribution in [0.1, 0.15) is 45.2 Å². The van der Waals surface area contributed by atoms with E-state index in [1.165, 1.54) is 0 Å². The van der Waals surface area contributed by atoms with Crippen LogP contribution in [-0.4, -0.2) is 11.7 Å². The van der Waals surface area contributed by atoms with Crippen molar-refractivity contribution < 1.29 is 5.11 Å². The number of hydrogen-bond donors (Lipinski definition) is 2. The largest absolute Gasteiger partial charge is 0.508 e. The zero-order valence-corrected chi connectivity index (χ0v) is 12.4. The molecule has 3 heteroatoms. The molecule has 0 aliphatic carbocycles. The highest BCUT2D eigenvalue weighted by Crippen LogP contribution is 2.29. The summed E-state index contributed by atoms with van der Waals surface area (Å²) in [6, 6.07) is 5.82. The first-order valence-corrected chi connectivity index (χ1v) is 7.05. The van der Waals surface area contributed by atoms with Gasteiger partial charge in [-0.3, -0.25) is 0 Å². The smallest absolute Gasteiger partial charge is 0.120 e. The molecule has 1 aromatic carbocycles. The standard InChI is InChI=1S/C14H22BrNO/c1-4-13(16-8-7-10(2)3)12-9-11(15)5-6-14(12)17/h5-6,9-10,13,16-17H,4,7-8H2,1-3H3. The van der Waals surface area contributed by atoms with Gasteiger partial charge in [0.15, 0.2) is 0 Å². The number of benzene rings is 1. The van der Waals surface area contributed by atoms with E-state index in [9.17, 15) is 5.11 Å². The predicted molar refractivity (Wildman–Crippen MR) is 76.3 cm³/mol. The Morgan fingerprint density at radius 2 is 2.06 bits per heavy atom. The molecule has 2 N–H and O–H groups in total. The maximum absolute atomic E-state index is 9.88. The van der Waals surface area contributed by atoms with E-state index in [0.717, 1.165) is 29.4 Å². The van der Waals surface area contributed by atoms with Crippen molar-refractivity contribution in [2.45, 2.75) is 39.7 Å². The molecule has 0 bridgehead atoms. The monoisotopic (exact) mass is 299 g/mol. The van der Waals surface area contributed by atoms with Crippen molar-refractivity contribution in [2.75, 3.05) is 6.54 Å². The lowest BCUT2D eigenvalue weighted by Crippen LogP contribution is -2.23. The number of phenolic OH excluding ortho intramolecular Hbond substituents is 1. The van der Waals surface area contributed by atoms with Gasteiger partial charge in [-0.2, -0.15) is 0 Å². The van der Waals surface area contributed by atoms with Crippen LogP contribution >= 0.6 is 15.9 Å². The van der Waals surface area contributed by atoms with Gasteiger partial charge in [0.25, 0.3) is 0 Å². The van der Waals surface area contributed by atoms with E-state index in [2.05, 4.69) is 42.0 Å². The summed E-state index contributed by atoms with van der Waals surface area (Å²) in [5.74, 6) is 1.08. The van der Waals surface area contributed by atoms with Crippen LogP contribution in [0.4, 0.5) is 0 Å². The molecule has 1 aromatic rings. The van der Waals surface area contributed by atoms with Crippen LogP contribution in [0.5, 0.6) is 5.75 Å². The Morgan fingerprint density at radius 3 is 2.65 bits per heavy atom. The summed E-state index contributed by atoms with van der Waals surface area (Å²) in [5, 5.41) is 13.4. The van der Waals surface area contributed by atoms with Crippen LogP contribution in [0.3, 0.4) is 0 Å². The van der Waals surface area contributed by atoms with Gasteiger partial charge in [0, 0.05) is 16.1 Å². The third-order valence-corrected chi connectivity index (χ3v) is 3.38. The van der Waals surface area contributed by atoms with Crippen LogP contribution in [0.25, 0.3) is 0 Å². The Morgan fingerprint density at radius 1 is 1.35 bits per heavy atom. The third-order valence-electron chi connectivity index (χ3n) is 2.89. The zero-order valence-electron chi connectivity index (χ0n) is 10.8. The van der Waals surface area contributed by atoms with E-state index in [-0.39, 0.29) is 6.04 Å². The second-order valence-corrected chi connectivity index (χ2v) is 5.72. The molecule has 0 radical (unpaired) electrons. The van der Waals surface area contributed by atoms with Crippen LogP contribution < -0.4 is 5.32 Å². The highest BCUT2D eigenvalue weighted by molar-refractivity contribution is 9.10. The minimum atomic E-state index is 0.228. The summed E-state index contributed by atoms with van der Waals surface area (Å²) < 4.78 is 1.01. The number of phenols is 1. The number of nitrogens with one attached hydrogen (secondary N) is 1. The molecule has 96 valence electrons. The first-order valence-electron chi connectivity index (χ1n) is 6.26. The van der Waals surface area contributed by atoms with Gasteiger partial charge in [-0.15, -0.1) is 0 Å². The molecule has 1 atom stereocenters. The molecule has 17 heavy (non-hydrogen) atoms. The Hall–Kier alpha value is -0.540. The highest BCUT2D eigenvalue weighted by atomic mass is 79.9. The average Bonchev–Trinajstić information content (AvgIpc) is 2.28. The molecule has 0 amide bonds. The molecule has 0 saturated heterocycles. The number of halogens is 1. The van der Waals surface area contributed by atoms with E-state index in [4.69, 9.17) is 0 Å². The van der Waals surface area contributed by atoms with E-state index in [1.54, 1.807) is 6.07 Å². The van der Waals surface area contributed by atoms with Crippen molar-refractivity contribution >= 4 is 15.9 Å². The molecular formula is C14H22BrNO. The molecule has 2 nitrogen and oxygen atoms in total. The van der Waals surface area contributed by atoms with Gasteiger partial charge in [0.05, 0.1) is 0 Å². The summed E-state index contributed by atoms with van der Waals surface area (Å²) in [6.07, 6.45) is 2.13. The lowest BCUT2D eigenvalue weighted by molar-refractivity contribution is 0.430. The molecular weight excluding hydrogens is 278 g/mol. The summed E-state index contributed by atoms with van der Waals surface area (Å²) in [4.78, 5) is 0. The van der Waals surface area contributed by atoms with Gasteiger partial charge < -0.3 is 10.4 Å². The first kappa shape index (κ1) is 14.5. The first-order chi connectivity index (χ1) is 8.04. The second-order valence-electron chi connectivity index (χ2n) is 4.80. The molecule has 0 fully saturated rings. The van der Waals surface area contributed by atoms with E-state index in [0.29, 0.717) is 11.7 Å². The molecule has 0 spiro atoms. The fourth-order valence-electron chi connectivity index (χ4n) is 1.82. The van der Waals surface area contributed by atoms with Crippen LogP contribution in [0, 0.1) is 5.92 Å². The fourth-order valence-corrected chi connectivity index (χ4v) is 2.20. The van der Waals surface area contributed by atoms with Crippen LogP contribution in [0.15, 0.2) is 22.7 Å². The van der Waals surface area contributed by atoms with Gasteiger partial charge in [0.2, 0.25) is 0 Å². The summed E-state index contributed by atoms with van der Waals surface area (Å²) in [5.41, 5.74) is 0.977. The number of aromatic hydroxyl groups is 1. The molecule has 1 rings (SSSR count). The van der Waals surface area contributed by atoms with Crippen molar-refractivity contribution in [3.63, 3.8) is 0 Å². The molecule has 1 unspecified atom stereocenters. The summed E-state index contributed by atoms with van der Waals surface area (Å²) in [6.45, 7) is 7.56. The van der Waals surface area contributed by atoms with E-state index >= 15 is 0 Å². The molecule has 0 aliphatic heterocycles. The van der Waals surface area contributed by atoms with Gasteiger partial charge in [-0.25, -0.2) is 0 Å². The topological polar surface area (TPSA) is 32.3 Å². The quantitative estimate of drug-likeness (QED) is 0.823. The van der Waals surface area contributed by atoms with Crippen molar-refractivity contribution in [1.29, 1.82) is 0 Å². The minimum Gasteiger partial charge on any atom is -0.508 e. The molecule has 0 saturated carbocycles. The van der Waals surface area contributed by atoms with Gasteiger partial charge in [0.1, 0.15) is 5.75 Å². The summed E-state index contributed by atoms with van der Waals surface area (Å²) in [7, 11) is 0. The van der Waals surface area contributed by atoms with Crippen molar-refractivity contribution in [1.82, 2.24) is 5.32 Å². The van der Waals surface area contributed by atoms with Crippen molar-refractivity contribution in [3.8, 4) is 5.75 Å². The molecule has 0 aromatic heterocycles. The lowest BCUT2D eigenvalue weighted by Gasteiger charge is -2.19. The lowest BCUT2D eigenvalue weighted by atomic mass is 10.0. The zero-order chi connectivity index (χ0) is 12.8. The molecule has 0 heterocycles. The van der Waals surface area contributed by atoms with Gasteiger partial charge >= 0.3 is 0 Å². The Bertz CT molecular complexity index is 352. The van der Waals surface area contributed by atoms with Crippen LogP contribution in [0.2, 0.25) is 0 Å². The van der Waals surface area contributed by atoms with Gasteiger partial charge in [-0.05, 0) is 43.5 Å². The summed E-state index contributed by atoms with van der Waals surface area (Å²) >= 11 is 3.45. The Balaban J connectivity index is 2.68. The Labute approximate surface area is 113 Å². The van der Waals surface area contributed by atoms with E-state index in [1.807, 2.05) is 12.1 Å². The number of hydrogen-bond acceptors (Lipinski definition) is 2.